The highest BCUT2D eigenvalue weighted by atomic mass is 19.1. The molecule has 2 aromatic carbocycles. The van der Waals surface area contributed by atoms with Crippen LogP contribution >= 0.6 is 0 Å². The molecule has 2 heteroatoms. The van der Waals surface area contributed by atoms with E-state index < -0.39 is 5.82 Å². The second-order valence-electron chi connectivity index (χ2n) is 4.30. The highest BCUT2D eigenvalue weighted by Crippen LogP contribution is 2.23. The van der Waals surface area contributed by atoms with Crippen LogP contribution in [0.25, 0.3) is 11.1 Å². The molecule has 0 atom stereocenters. The van der Waals surface area contributed by atoms with Crippen LogP contribution in [0.2, 0.25) is 0 Å². The molecule has 0 bridgehead atoms. The number of carbonyl (C=O) groups is 1. The molecule has 0 radical (unpaired) electrons. The first-order valence-electron chi connectivity index (χ1n) is 6.08. The van der Waals surface area contributed by atoms with Crippen LogP contribution in [0, 0.1) is 5.82 Å². The molecule has 0 amide bonds. The highest BCUT2D eigenvalue weighted by molar-refractivity contribution is 5.77. The zero-order chi connectivity index (χ0) is 13.0. The van der Waals surface area contributed by atoms with Crippen molar-refractivity contribution < 1.29 is 9.18 Å². The number of carbonyl (C=O) groups excluding carboxylic acids is 1. The zero-order valence-electron chi connectivity index (χ0n) is 10.3. The van der Waals surface area contributed by atoms with E-state index in [2.05, 4.69) is 19.1 Å². The fourth-order valence-electron chi connectivity index (χ4n) is 2.00. The molecule has 1 nitrogen and oxygen atoms in total. The Balaban J connectivity index is 2.39. The molecule has 0 saturated carbocycles. The van der Waals surface area contributed by atoms with E-state index in [1.165, 1.54) is 17.7 Å². The number of benzene rings is 2. The van der Waals surface area contributed by atoms with Gasteiger partial charge in [-0.25, -0.2) is 4.39 Å². The molecule has 0 fully saturated rings. The molecule has 0 aliphatic rings. The van der Waals surface area contributed by atoms with E-state index in [-0.39, 0.29) is 5.56 Å². The lowest BCUT2D eigenvalue weighted by molar-refractivity contribution is 0.112. The van der Waals surface area contributed by atoms with Gasteiger partial charge in [-0.15, -0.1) is 0 Å². The van der Waals surface area contributed by atoms with Crippen molar-refractivity contribution in [2.75, 3.05) is 0 Å². The van der Waals surface area contributed by atoms with E-state index in [9.17, 15) is 9.18 Å². The maximum absolute atomic E-state index is 13.6. The van der Waals surface area contributed by atoms with Crippen molar-refractivity contribution in [3.05, 3.63) is 59.4 Å². The predicted octanol–water partition coefficient (Wildman–Crippen LogP) is 4.26. The van der Waals surface area contributed by atoms with Gasteiger partial charge in [0.05, 0.1) is 5.56 Å². The lowest BCUT2D eigenvalue weighted by Crippen LogP contribution is -1.89. The second-order valence-corrected chi connectivity index (χ2v) is 4.30. The molecule has 0 heterocycles. The van der Waals surface area contributed by atoms with Gasteiger partial charge in [0, 0.05) is 0 Å². The fraction of sp³-hybridized carbons (Fsp3) is 0.188. The highest BCUT2D eigenvalue weighted by Gasteiger charge is 2.04. The molecule has 0 unspecified atom stereocenters. The molecular formula is C16H15FO. The Labute approximate surface area is 106 Å². The first kappa shape index (κ1) is 12.5. The van der Waals surface area contributed by atoms with Crippen LogP contribution in [0.1, 0.15) is 29.3 Å². The molecule has 2 aromatic rings. The second kappa shape index (κ2) is 5.58. The van der Waals surface area contributed by atoms with Gasteiger partial charge in [-0.05, 0) is 35.2 Å². The SMILES string of the molecule is CCCc1cccc(-c2ccc(C=O)c(F)c2)c1. The summed E-state index contributed by atoms with van der Waals surface area (Å²) in [6.07, 6.45) is 2.64. The summed E-state index contributed by atoms with van der Waals surface area (Å²) in [7, 11) is 0. The van der Waals surface area contributed by atoms with Gasteiger partial charge in [0.2, 0.25) is 0 Å². The maximum atomic E-state index is 13.6. The summed E-state index contributed by atoms with van der Waals surface area (Å²) in [6, 6.07) is 12.8. The first-order valence-corrected chi connectivity index (χ1v) is 6.08. The molecule has 0 aliphatic carbocycles. The van der Waals surface area contributed by atoms with Crippen molar-refractivity contribution >= 4 is 6.29 Å². The minimum absolute atomic E-state index is 0.100. The number of rotatable bonds is 4. The molecule has 0 N–H and O–H groups in total. The van der Waals surface area contributed by atoms with Gasteiger partial charge >= 0.3 is 0 Å². The lowest BCUT2D eigenvalue weighted by atomic mass is 10.00. The van der Waals surface area contributed by atoms with Gasteiger partial charge in [-0.3, -0.25) is 4.79 Å². The van der Waals surface area contributed by atoms with E-state index >= 15 is 0 Å². The minimum atomic E-state index is -0.469. The van der Waals surface area contributed by atoms with E-state index in [1.54, 1.807) is 6.07 Å². The molecular weight excluding hydrogens is 227 g/mol. The Morgan fingerprint density at radius 1 is 1.11 bits per heavy atom. The summed E-state index contributed by atoms with van der Waals surface area (Å²) in [5.74, 6) is -0.469. The van der Waals surface area contributed by atoms with Crippen LogP contribution < -0.4 is 0 Å². The lowest BCUT2D eigenvalue weighted by Gasteiger charge is -2.06. The van der Waals surface area contributed by atoms with Gasteiger partial charge in [0.1, 0.15) is 5.82 Å². The first-order chi connectivity index (χ1) is 8.74. The summed E-state index contributed by atoms with van der Waals surface area (Å²) in [4.78, 5) is 10.6. The third-order valence-electron chi connectivity index (χ3n) is 2.93. The quantitative estimate of drug-likeness (QED) is 0.732. The van der Waals surface area contributed by atoms with Gasteiger partial charge in [-0.1, -0.05) is 43.7 Å². The van der Waals surface area contributed by atoms with Crippen LogP contribution in [-0.2, 0) is 6.42 Å². The third-order valence-corrected chi connectivity index (χ3v) is 2.93. The normalized spacial score (nSPS) is 10.3. The number of hydrogen-bond acceptors (Lipinski definition) is 1. The summed E-state index contributed by atoms with van der Waals surface area (Å²) in [6.45, 7) is 2.13. The number of hydrogen-bond donors (Lipinski definition) is 0. The van der Waals surface area contributed by atoms with Gasteiger partial charge in [0.25, 0.3) is 0 Å². The third kappa shape index (κ3) is 2.65. The molecule has 2 rings (SSSR count). The van der Waals surface area contributed by atoms with Gasteiger partial charge in [0.15, 0.2) is 6.29 Å². The van der Waals surface area contributed by atoms with Crippen molar-refractivity contribution in [3.63, 3.8) is 0 Å². The summed E-state index contributed by atoms with van der Waals surface area (Å²) >= 11 is 0. The number of halogens is 1. The molecule has 0 spiro atoms. The van der Waals surface area contributed by atoms with Crippen LogP contribution in [0.5, 0.6) is 0 Å². The Hall–Kier alpha value is -1.96. The fourth-order valence-corrected chi connectivity index (χ4v) is 2.00. The van der Waals surface area contributed by atoms with Crippen molar-refractivity contribution in [2.24, 2.45) is 0 Å². The Kier molecular flexibility index (Phi) is 3.88. The molecule has 0 aliphatic heterocycles. The summed E-state index contributed by atoms with van der Waals surface area (Å²) in [5.41, 5.74) is 3.13. The Morgan fingerprint density at radius 3 is 2.56 bits per heavy atom. The molecule has 0 saturated heterocycles. The van der Waals surface area contributed by atoms with Crippen molar-refractivity contribution in [3.8, 4) is 11.1 Å². The van der Waals surface area contributed by atoms with Gasteiger partial charge < -0.3 is 0 Å². The van der Waals surface area contributed by atoms with Gasteiger partial charge in [-0.2, -0.15) is 0 Å². The van der Waals surface area contributed by atoms with E-state index in [0.717, 1.165) is 24.0 Å². The minimum Gasteiger partial charge on any atom is -0.298 e. The average Bonchev–Trinajstić information content (AvgIpc) is 2.39. The average molecular weight is 242 g/mol. The number of aldehydes is 1. The number of aryl methyl sites for hydroxylation is 1. The van der Waals surface area contributed by atoms with Crippen LogP contribution in [-0.4, -0.2) is 6.29 Å². The Bertz CT molecular complexity index is 561. The summed E-state index contributed by atoms with van der Waals surface area (Å²) < 4.78 is 13.6. The zero-order valence-corrected chi connectivity index (χ0v) is 10.3. The van der Waals surface area contributed by atoms with E-state index in [4.69, 9.17) is 0 Å². The largest absolute Gasteiger partial charge is 0.298 e. The van der Waals surface area contributed by atoms with Crippen LogP contribution in [0.4, 0.5) is 4.39 Å². The monoisotopic (exact) mass is 242 g/mol. The van der Waals surface area contributed by atoms with E-state index in [1.807, 2.05) is 12.1 Å². The van der Waals surface area contributed by atoms with Crippen molar-refractivity contribution in [2.45, 2.75) is 19.8 Å². The van der Waals surface area contributed by atoms with Crippen LogP contribution in [0.3, 0.4) is 0 Å². The molecule has 0 aromatic heterocycles. The van der Waals surface area contributed by atoms with E-state index in [0.29, 0.717) is 6.29 Å². The van der Waals surface area contributed by atoms with Crippen molar-refractivity contribution in [1.82, 2.24) is 0 Å². The Morgan fingerprint density at radius 2 is 1.89 bits per heavy atom. The summed E-state index contributed by atoms with van der Waals surface area (Å²) in [5, 5.41) is 0. The smallest absolute Gasteiger partial charge is 0.152 e. The maximum Gasteiger partial charge on any atom is 0.152 e. The predicted molar refractivity (Wildman–Crippen MR) is 71.2 cm³/mol. The van der Waals surface area contributed by atoms with Crippen molar-refractivity contribution in [1.29, 1.82) is 0 Å². The van der Waals surface area contributed by atoms with Crippen LogP contribution in [0.15, 0.2) is 42.5 Å². The standard InChI is InChI=1S/C16H15FO/c1-2-4-12-5-3-6-13(9-12)14-7-8-15(11-18)16(17)10-14/h3,5-11H,2,4H2,1H3. The molecule has 92 valence electrons. The molecule has 18 heavy (non-hydrogen) atoms. The topological polar surface area (TPSA) is 17.1 Å².